The molecular formula is C13H22O3. The third kappa shape index (κ3) is 1.75. The van der Waals surface area contributed by atoms with Gasteiger partial charge in [-0.2, -0.15) is 0 Å². The third-order valence-corrected chi connectivity index (χ3v) is 4.83. The van der Waals surface area contributed by atoms with Gasteiger partial charge in [-0.1, -0.05) is 20.3 Å². The molecule has 3 heteroatoms. The van der Waals surface area contributed by atoms with Gasteiger partial charge in [-0.05, 0) is 37.0 Å². The molecule has 0 aromatic heterocycles. The Morgan fingerprint density at radius 3 is 2.44 bits per heavy atom. The van der Waals surface area contributed by atoms with E-state index < -0.39 is 12.1 Å². The van der Waals surface area contributed by atoms with E-state index in [1.165, 1.54) is 32.8 Å². The van der Waals surface area contributed by atoms with E-state index in [9.17, 15) is 9.90 Å². The molecule has 2 aliphatic carbocycles. The van der Waals surface area contributed by atoms with Crippen molar-refractivity contribution < 1.29 is 14.6 Å². The predicted molar refractivity (Wildman–Crippen MR) is 61.2 cm³/mol. The molecule has 0 heterocycles. The smallest absolute Gasteiger partial charge is 0.333 e. The Balaban J connectivity index is 2.14. The molecule has 0 aromatic rings. The lowest BCUT2D eigenvalue weighted by molar-refractivity contribution is -0.160. The van der Waals surface area contributed by atoms with E-state index in [0.717, 1.165) is 11.8 Å². The topological polar surface area (TPSA) is 46.5 Å². The molecule has 2 fully saturated rings. The van der Waals surface area contributed by atoms with Crippen molar-refractivity contribution in [1.29, 1.82) is 0 Å². The van der Waals surface area contributed by atoms with Gasteiger partial charge in [0.15, 0.2) is 6.10 Å². The van der Waals surface area contributed by atoms with Crippen LogP contribution < -0.4 is 0 Å². The number of ether oxygens (including phenoxy) is 1. The van der Waals surface area contributed by atoms with Crippen molar-refractivity contribution in [2.75, 3.05) is 7.11 Å². The number of hydrogen-bond donors (Lipinski definition) is 1. The number of hydrogen-bond acceptors (Lipinski definition) is 2. The van der Waals surface area contributed by atoms with Crippen LogP contribution in [0.5, 0.6) is 0 Å². The molecule has 92 valence electrons. The Hall–Kier alpha value is -0.570. The van der Waals surface area contributed by atoms with E-state index in [4.69, 9.17) is 4.74 Å². The third-order valence-electron chi connectivity index (χ3n) is 4.83. The number of methoxy groups -OCH3 is 1. The minimum Gasteiger partial charge on any atom is -0.479 e. The summed E-state index contributed by atoms with van der Waals surface area (Å²) in [4.78, 5) is 11.2. The Morgan fingerprint density at radius 1 is 1.38 bits per heavy atom. The molecule has 2 saturated carbocycles. The van der Waals surface area contributed by atoms with Gasteiger partial charge in [0.25, 0.3) is 0 Å². The number of carbonyl (C=O) groups is 1. The zero-order valence-corrected chi connectivity index (χ0v) is 10.4. The highest BCUT2D eigenvalue weighted by atomic mass is 16.5. The van der Waals surface area contributed by atoms with Gasteiger partial charge in [-0.3, -0.25) is 0 Å². The molecule has 16 heavy (non-hydrogen) atoms. The maximum Gasteiger partial charge on any atom is 0.333 e. The summed E-state index contributed by atoms with van der Waals surface area (Å²) in [6.45, 7) is 4.11. The summed E-state index contributed by atoms with van der Waals surface area (Å²) < 4.78 is 5.20. The number of carboxylic acids is 1. The van der Waals surface area contributed by atoms with Crippen LogP contribution in [0.3, 0.4) is 0 Å². The van der Waals surface area contributed by atoms with E-state index in [1.54, 1.807) is 0 Å². The molecule has 3 nitrogen and oxygen atoms in total. The quantitative estimate of drug-likeness (QED) is 0.801. The normalized spacial score (nSPS) is 35.3. The summed E-state index contributed by atoms with van der Waals surface area (Å²) in [7, 11) is 1.51. The molecule has 0 radical (unpaired) electrons. The Bertz CT molecular complexity index is 285. The maximum atomic E-state index is 11.2. The molecule has 4 unspecified atom stereocenters. The lowest BCUT2D eigenvalue weighted by Gasteiger charge is -2.40. The van der Waals surface area contributed by atoms with Gasteiger partial charge in [0.1, 0.15) is 0 Å². The zero-order valence-electron chi connectivity index (χ0n) is 10.4. The van der Waals surface area contributed by atoms with Crippen molar-refractivity contribution in [2.24, 2.45) is 23.2 Å². The fraction of sp³-hybridized carbons (Fsp3) is 0.923. The molecule has 2 bridgehead atoms. The van der Waals surface area contributed by atoms with E-state index in [1.807, 2.05) is 0 Å². The molecule has 0 aliphatic heterocycles. The van der Waals surface area contributed by atoms with Crippen LogP contribution in [-0.2, 0) is 9.53 Å². The second kappa shape index (κ2) is 4.02. The van der Waals surface area contributed by atoms with Crippen molar-refractivity contribution in [3.8, 4) is 0 Å². The van der Waals surface area contributed by atoms with Crippen molar-refractivity contribution in [1.82, 2.24) is 0 Å². The first-order valence-corrected chi connectivity index (χ1v) is 6.22. The zero-order chi connectivity index (χ0) is 11.9. The predicted octanol–water partition coefficient (Wildman–Crippen LogP) is 2.55. The van der Waals surface area contributed by atoms with E-state index >= 15 is 0 Å². The van der Waals surface area contributed by atoms with Gasteiger partial charge in [0.2, 0.25) is 0 Å². The van der Waals surface area contributed by atoms with E-state index in [-0.39, 0.29) is 5.41 Å². The molecule has 0 saturated heterocycles. The summed E-state index contributed by atoms with van der Waals surface area (Å²) in [6, 6.07) is 0. The Kier molecular flexibility index (Phi) is 2.99. The number of carboxylic acid groups (broad SMARTS) is 1. The highest BCUT2D eigenvalue weighted by Gasteiger charge is 2.51. The van der Waals surface area contributed by atoms with Gasteiger partial charge < -0.3 is 9.84 Å². The van der Waals surface area contributed by atoms with Crippen LogP contribution in [0.1, 0.15) is 39.5 Å². The van der Waals surface area contributed by atoms with Gasteiger partial charge in [-0.25, -0.2) is 4.79 Å². The molecular weight excluding hydrogens is 204 g/mol. The lowest BCUT2D eigenvalue weighted by atomic mass is 9.67. The SMILES string of the molecule is COC(C(=O)O)C(C)(C)C1CC2CCC1C2. The van der Waals surface area contributed by atoms with E-state index in [0.29, 0.717) is 5.92 Å². The van der Waals surface area contributed by atoms with Gasteiger partial charge in [0, 0.05) is 12.5 Å². The maximum absolute atomic E-state index is 11.2. The molecule has 0 aromatic carbocycles. The second-order valence-electron chi connectivity index (χ2n) is 6.06. The monoisotopic (exact) mass is 226 g/mol. The highest BCUT2D eigenvalue weighted by molar-refractivity contribution is 5.73. The van der Waals surface area contributed by atoms with Crippen molar-refractivity contribution in [3.63, 3.8) is 0 Å². The van der Waals surface area contributed by atoms with Crippen molar-refractivity contribution in [3.05, 3.63) is 0 Å². The highest BCUT2D eigenvalue weighted by Crippen LogP contribution is 2.55. The van der Waals surface area contributed by atoms with Crippen LogP contribution in [0.4, 0.5) is 0 Å². The summed E-state index contributed by atoms with van der Waals surface area (Å²) in [5.41, 5.74) is -0.250. The average Bonchev–Trinajstić information content (AvgIpc) is 2.78. The second-order valence-corrected chi connectivity index (χ2v) is 6.06. The standard InChI is InChI=1S/C13H22O3/c1-13(2,11(16-3)12(14)15)10-7-8-4-5-9(10)6-8/h8-11H,4-7H2,1-3H3,(H,14,15). The first kappa shape index (κ1) is 11.9. The Labute approximate surface area is 97.2 Å². The minimum absolute atomic E-state index is 0.250. The van der Waals surface area contributed by atoms with Gasteiger partial charge in [0.05, 0.1) is 0 Å². The molecule has 0 spiro atoms. The minimum atomic E-state index is -0.824. The molecule has 4 atom stereocenters. The van der Waals surface area contributed by atoms with E-state index in [2.05, 4.69) is 13.8 Å². The molecule has 0 amide bonds. The molecule has 1 N–H and O–H groups in total. The van der Waals surface area contributed by atoms with Crippen LogP contribution in [0.25, 0.3) is 0 Å². The van der Waals surface area contributed by atoms with Crippen LogP contribution in [0.15, 0.2) is 0 Å². The van der Waals surface area contributed by atoms with Crippen molar-refractivity contribution >= 4 is 5.97 Å². The molecule has 2 aliphatic rings. The van der Waals surface area contributed by atoms with Crippen LogP contribution in [0.2, 0.25) is 0 Å². The first-order valence-electron chi connectivity index (χ1n) is 6.22. The summed E-state index contributed by atoms with van der Waals surface area (Å²) >= 11 is 0. The van der Waals surface area contributed by atoms with Gasteiger partial charge >= 0.3 is 5.97 Å². The lowest BCUT2D eigenvalue weighted by Crippen LogP contribution is -2.44. The average molecular weight is 226 g/mol. The van der Waals surface area contributed by atoms with Crippen LogP contribution in [0, 0.1) is 23.2 Å². The fourth-order valence-corrected chi connectivity index (χ4v) is 4.07. The number of fused-ring (bicyclic) bond motifs is 2. The van der Waals surface area contributed by atoms with Crippen LogP contribution >= 0.6 is 0 Å². The number of rotatable bonds is 4. The van der Waals surface area contributed by atoms with Crippen LogP contribution in [-0.4, -0.2) is 24.3 Å². The van der Waals surface area contributed by atoms with Gasteiger partial charge in [-0.15, -0.1) is 0 Å². The first-order chi connectivity index (χ1) is 7.46. The number of aliphatic carboxylic acids is 1. The summed E-state index contributed by atoms with van der Waals surface area (Å²) in [5.74, 6) is 1.28. The summed E-state index contributed by atoms with van der Waals surface area (Å²) in [6.07, 6.45) is 4.48. The molecule has 2 rings (SSSR count). The Morgan fingerprint density at radius 2 is 2.06 bits per heavy atom. The largest absolute Gasteiger partial charge is 0.479 e. The summed E-state index contributed by atoms with van der Waals surface area (Å²) in [5, 5.41) is 9.21. The fourth-order valence-electron chi connectivity index (χ4n) is 4.07. The van der Waals surface area contributed by atoms with Crippen molar-refractivity contribution in [2.45, 2.75) is 45.6 Å².